The molecule has 0 saturated carbocycles. The number of aliphatic hydroxyl groups excluding tert-OH is 1. The van der Waals surface area contributed by atoms with Gasteiger partial charge in [0.15, 0.2) is 0 Å². The van der Waals surface area contributed by atoms with Gasteiger partial charge in [-0.3, -0.25) is 14.5 Å². The zero-order valence-electron chi connectivity index (χ0n) is 17.2. The van der Waals surface area contributed by atoms with E-state index in [1.807, 2.05) is 4.90 Å². The molecule has 2 N–H and O–H groups in total. The number of hydrogen-bond donors (Lipinski definition) is 2. The smallest absolute Gasteiger partial charge is 0.414 e. The molecule has 1 aromatic carbocycles. The topological polar surface area (TPSA) is 116 Å². The summed E-state index contributed by atoms with van der Waals surface area (Å²) in [6.45, 7) is 1.41. The Morgan fingerprint density at radius 2 is 1.97 bits per heavy atom. The Morgan fingerprint density at radius 1 is 1.19 bits per heavy atom. The van der Waals surface area contributed by atoms with Crippen LogP contribution in [0, 0.1) is 5.82 Å². The monoisotopic (exact) mass is 446 g/mol. The minimum atomic E-state index is -0.615. The van der Waals surface area contributed by atoms with Crippen LogP contribution < -0.4 is 15.1 Å². The van der Waals surface area contributed by atoms with Gasteiger partial charge in [0.2, 0.25) is 5.91 Å². The van der Waals surface area contributed by atoms with E-state index in [-0.39, 0.29) is 24.9 Å². The standard InChI is InChI=1S/C21H23FN4O6/c22-17-9-15(1-2-18(17)24-4-6-25(7-5-24)19(28)12-27)26-11-16(32-21(26)30)10-23-20(29)14-3-8-31-13-14/h1-3,8-9,13,16,27H,4-7,10-12H2,(H,23,29)/t16-/m0/s1. The fraction of sp³-hybridized carbons (Fsp3) is 0.381. The first-order valence-corrected chi connectivity index (χ1v) is 10.2. The highest BCUT2D eigenvalue weighted by Crippen LogP contribution is 2.28. The molecule has 2 aliphatic rings. The summed E-state index contributed by atoms with van der Waals surface area (Å²) in [5.41, 5.74) is 1.10. The number of piperazine rings is 1. The van der Waals surface area contributed by atoms with Crippen molar-refractivity contribution in [2.75, 3.05) is 55.7 Å². The number of ether oxygens (including phenoxy) is 1. The molecule has 2 fully saturated rings. The van der Waals surface area contributed by atoms with Crippen molar-refractivity contribution >= 4 is 29.3 Å². The quantitative estimate of drug-likeness (QED) is 0.675. The molecule has 2 aromatic rings. The van der Waals surface area contributed by atoms with Crippen LogP contribution in [0.25, 0.3) is 0 Å². The molecule has 170 valence electrons. The molecule has 0 aliphatic carbocycles. The summed E-state index contributed by atoms with van der Waals surface area (Å²) in [6, 6.07) is 6.03. The van der Waals surface area contributed by atoms with Gasteiger partial charge in [-0.1, -0.05) is 0 Å². The first-order valence-electron chi connectivity index (χ1n) is 10.2. The lowest BCUT2D eigenvalue weighted by Gasteiger charge is -2.36. The normalized spacial score (nSPS) is 18.6. The van der Waals surface area contributed by atoms with E-state index in [2.05, 4.69) is 5.32 Å². The maximum Gasteiger partial charge on any atom is 0.414 e. The van der Waals surface area contributed by atoms with E-state index in [1.165, 1.54) is 34.5 Å². The third-order valence-corrected chi connectivity index (χ3v) is 5.50. The van der Waals surface area contributed by atoms with E-state index in [0.717, 1.165) is 0 Å². The van der Waals surface area contributed by atoms with Crippen LogP contribution in [0.2, 0.25) is 0 Å². The molecule has 0 unspecified atom stereocenters. The molecule has 3 amide bonds. The number of aliphatic hydroxyl groups is 1. The highest BCUT2D eigenvalue weighted by atomic mass is 19.1. The maximum absolute atomic E-state index is 14.8. The number of furan rings is 1. The summed E-state index contributed by atoms with van der Waals surface area (Å²) in [6.07, 6.45) is 1.52. The molecule has 0 bridgehead atoms. The van der Waals surface area contributed by atoms with Crippen molar-refractivity contribution in [2.24, 2.45) is 0 Å². The lowest BCUT2D eigenvalue weighted by Crippen LogP contribution is -2.49. The number of nitrogens with zero attached hydrogens (tertiary/aromatic N) is 3. The van der Waals surface area contributed by atoms with Crippen molar-refractivity contribution < 1.29 is 33.0 Å². The van der Waals surface area contributed by atoms with Gasteiger partial charge in [0.05, 0.1) is 36.3 Å². The zero-order chi connectivity index (χ0) is 22.7. The van der Waals surface area contributed by atoms with Gasteiger partial charge < -0.3 is 29.4 Å². The average molecular weight is 446 g/mol. The Bertz CT molecular complexity index is 990. The summed E-state index contributed by atoms with van der Waals surface area (Å²) >= 11 is 0. The Kier molecular flexibility index (Phi) is 6.26. The molecular weight excluding hydrogens is 423 g/mol. The number of anilines is 2. The maximum atomic E-state index is 14.8. The number of benzene rings is 1. The number of amides is 3. The van der Waals surface area contributed by atoms with Gasteiger partial charge in [0.1, 0.15) is 24.8 Å². The van der Waals surface area contributed by atoms with Crippen LogP contribution in [0.15, 0.2) is 41.2 Å². The van der Waals surface area contributed by atoms with Crippen LogP contribution in [0.4, 0.5) is 20.6 Å². The molecule has 0 spiro atoms. The number of carbonyl (C=O) groups excluding carboxylic acids is 3. The molecule has 0 radical (unpaired) electrons. The number of hydrogen-bond acceptors (Lipinski definition) is 7. The van der Waals surface area contributed by atoms with Gasteiger partial charge in [-0.25, -0.2) is 9.18 Å². The largest absolute Gasteiger partial charge is 0.472 e. The lowest BCUT2D eigenvalue weighted by molar-refractivity contribution is -0.134. The predicted molar refractivity (Wildman–Crippen MR) is 111 cm³/mol. The number of carbonyl (C=O) groups is 3. The van der Waals surface area contributed by atoms with E-state index >= 15 is 0 Å². The number of nitrogens with one attached hydrogen (secondary N) is 1. The lowest BCUT2D eigenvalue weighted by atomic mass is 10.2. The van der Waals surface area contributed by atoms with E-state index in [1.54, 1.807) is 12.1 Å². The number of halogens is 1. The third kappa shape index (κ3) is 4.52. The molecule has 1 atom stereocenters. The SMILES string of the molecule is O=C(NC[C@H]1CN(c2ccc(N3CCN(C(=O)CO)CC3)c(F)c2)C(=O)O1)c1ccoc1. The Hall–Kier alpha value is -3.60. The first kappa shape index (κ1) is 21.6. The second-order valence-electron chi connectivity index (χ2n) is 7.50. The van der Waals surface area contributed by atoms with E-state index in [0.29, 0.717) is 43.1 Å². The molecule has 1 aromatic heterocycles. The van der Waals surface area contributed by atoms with Gasteiger partial charge in [-0.05, 0) is 24.3 Å². The van der Waals surface area contributed by atoms with Gasteiger partial charge in [-0.2, -0.15) is 0 Å². The van der Waals surface area contributed by atoms with Gasteiger partial charge in [-0.15, -0.1) is 0 Å². The van der Waals surface area contributed by atoms with Crippen LogP contribution >= 0.6 is 0 Å². The van der Waals surface area contributed by atoms with E-state index in [4.69, 9.17) is 14.3 Å². The van der Waals surface area contributed by atoms with E-state index in [9.17, 15) is 18.8 Å². The Labute approximate surface area is 183 Å². The molecule has 11 heteroatoms. The fourth-order valence-electron chi connectivity index (χ4n) is 3.76. The molecule has 32 heavy (non-hydrogen) atoms. The molecule has 2 aliphatic heterocycles. The molecular formula is C21H23FN4O6. The Morgan fingerprint density at radius 3 is 2.62 bits per heavy atom. The van der Waals surface area contributed by atoms with Crippen LogP contribution in [0.1, 0.15) is 10.4 Å². The summed E-state index contributed by atoms with van der Waals surface area (Å²) in [4.78, 5) is 40.5. The second kappa shape index (κ2) is 9.27. The summed E-state index contributed by atoms with van der Waals surface area (Å²) in [5, 5.41) is 11.6. The van der Waals surface area contributed by atoms with Crippen molar-refractivity contribution in [3.63, 3.8) is 0 Å². The van der Waals surface area contributed by atoms with Crippen LogP contribution in [0.5, 0.6) is 0 Å². The Balaban J connectivity index is 1.35. The minimum Gasteiger partial charge on any atom is -0.472 e. The first-order chi connectivity index (χ1) is 15.5. The minimum absolute atomic E-state index is 0.115. The van der Waals surface area contributed by atoms with Crippen molar-refractivity contribution in [1.82, 2.24) is 10.2 Å². The summed E-state index contributed by atoms with van der Waals surface area (Å²) < 4.78 is 25.0. The fourth-order valence-corrected chi connectivity index (χ4v) is 3.76. The zero-order valence-corrected chi connectivity index (χ0v) is 17.2. The third-order valence-electron chi connectivity index (χ3n) is 5.50. The second-order valence-corrected chi connectivity index (χ2v) is 7.50. The molecule has 10 nitrogen and oxygen atoms in total. The highest BCUT2D eigenvalue weighted by Gasteiger charge is 2.33. The van der Waals surface area contributed by atoms with Crippen LogP contribution in [-0.4, -0.2) is 79.9 Å². The molecule has 2 saturated heterocycles. The highest BCUT2D eigenvalue weighted by molar-refractivity contribution is 5.94. The van der Waals surface area contributed by atoms with Crippen molar-refractivity contribution in [2.45, 2.75) is 6.10 Å². The number of cyclic esters (lactones) is 1. The molecule has 4 rings (SSSR count). The van der Waals surface area contributed by atoms with Crippen molar-refractivity contribution in [1.29, 1.82) is 0 Å². The van der Waals surface area contributed by atoms with Crippen LogP contribution in [0.3, 0.4) is 0 Å². The average Bonchev–Trinajstić information content (AvgIpc) is 3.47. The van der Waals surface area contributed by atoms with Crippen molar-refractivity contribution in [3.05, 3.63) is 48.2 Å². The van der Waals surface area contributed by atoms with Crippen molar-refractivity contribution in [3.8, 4) is 0 Å². The van der Waals surface area contributed by atoms with Gasteiger partial charge in [0.25, 0.3) is 5.91 Å². The van der Waals surface area contributed by atoms with Gasteiger partial charge >= 0.3 is 6.09 Å². The van der Waals surface area contributed by atoms with Crippen LogP contribution in [-0.2, 0) is 9.53 Å². The summed E-state index contributed by atoms with van der Waals surface area (Å²) in [7, 11) is 0. The van der Waals surface area contributed by atoms with Gasteiger partial charge in [0, 0.05) is 26.2 Å². The van der Waals surface area contributed by atoms with E-state index < -0.39 is 24.6 Å². The molecule has 3 heterocycles. The number of rotatable bonds is 6. The predicted octanol–water partition coefficient (Wildman–Crippen LogP) is 0.815. The summed E-state index contributed by atoms with van der Waals surface area (Å²) in [5.74, 6) is -1.18.